The molecule has 0 unspecified atom stereocenters. The van der Waals surface area contributed by atoms with E-state index in [0.29, 0.717) is 25.4 Å². The Labute approximate surface area is 149 Å². The lowest BCUT2D eigenvalue weighted by Gasteiger charge is -2.44. The number of aliphatic hydroxyl groups is 1. The van der Waals surface area contributed by atoms with E-state index in [1.807, 2.05) is 17.8 Å². The summed E-state index contributed by atoms with van der Waals surface area (Å²) in [5.41, 5.74) is -0.859. The molecule has 2 bridgehead atoms. The molecule has 6 heteroatoms. The average Bonchev–Trinajstić information content (AvgIpc) is 3.11. The molecule has 0 aliphatic carbocycles. The van der Waals surface area contributed by atoms with Crippen LogP contribution >= 0.6 is 0 Å². The quantitative estimate of drug-likeness (QED) is 0.904. The molecule has 1 amide bonds. The third-order valence-electron chi connectivity index (χ3n) is 6.60. The molecule has 4 heterocycles. The van der Waals surface area contributed by atoms with Gasteiger partial charge in [0, 0.05) is 44.1 Å². The SMILES string of the molecule is C[C@@H]1CCCCN1C(=O)CN1[C@@H]2CC[C@@H]1CC(O)(c1nccn1C)C2. The molecule has 3 aliphatic heterocycles. The molecule has 6 nitrogen and oxygen atoms in total. The summed E-state index contributed by atoms with van der Waals surface area (Å²) in [6.07, 6.45) is 10.6. The number of aromatic nitrogens is 2. The Balaban J connectivity index is 1.46. The lowest BCUT2D eigenvalue weighted by Crippen LogP contribution is -2.54. The van der Waals surface area contributed by atoms with Gasteiger partial charge in [0.05, 0.1) is 6.54 Å². The molecule has 4 rings (SSSR count). The largest absolute Gasteiger partial charge is 0.382 e. The van der Waals surface area contributed by atoms with E-state index in [4.69, 9.17) is 0 Å². The normalized spacial score (nSPS) is 36.0. The molecule has 3 fully saturated rings. The Morgan fingerprint density at radius 1 is 1.28 bits per heavy atom. The van der Waals surface area contributed by atoms with E-state index in [2.05, 4.69) is 21.7 Å². The van der Waals surface area contributed by atoms with Crippen molar-refractivity contribution in [3.8, 4) is 0 Å². The highest BCUT2D eigenvalue weighted by Gasteiger charge is 2.50. The summed E-state index contributed by atoms with van der Waals surface area (Å²) >= 11 is 0. The first-order chi connectivity index (χ1) is 12.0. The molecule has 25 heavy (non-hydrogen) atoms. The summed E-state index contributed by atoms with van der Waals surface area (Å²) in [6.45, 7) is 3.58. The van der Waals surface area contributed by atoms with Crippen molar-refractivity contribution in [1.82, 2.24) is 19.4 Å². The summed E-state index contributed by atoms with van der Waals surface area (Å²) in [5, 5.41) is 11.2. The molecule has 1 aromatic rings. The van der Waals surface area contributed by atoms with Crippen LogP contribution in [0.3, 0.4) is 0 Å². The van der Waals surface area contributed by atoms with Crippen LogP contribution in [0.2, 0.25) is 0 Å². The number of rotatable bonds is 3. The van der Waals surface area contributed by atoms with Crippen LogP contribution in [0.4, 0.5) is 0 Å². The Kier molecular flexibility index (Phi) is 4.36. The molecule has 0 radical (unpaired) electrons. The minimum Gasteiger partial charge on any atom is -0.382 e. The van der Waals surface area contributed by atoms with Gasteiger partial charge in [-0.1, -0.05) is 0 Å². The highest BCUT2D eigenvalue weighted by atomic mass is 16.3. The second-order valence-electron chi connectivity index (χ2n) is 8.29. The van der Waals surface area contributed by atoms with Crippen molar-refractivity contribution in [2.45, 2.75) is 75.6 Å². The van der Waals surface area contributed by atoms with Gasteiger partial charge in [-0.3, -0.25) is 9.69 Å². The number of hydrogen-bond donors (Lipinski definition) is 1. The maximum Gasteiger partial charge on any atom is 0.237 e. The van der Waals surface area contributed by atoms with Crippen molar-refractivity contribution in [3.05, 3.63) is 18.2 Å². The maximum absolute atomic E-state index is 12.8. The second-order valence-corrected chi connectivity index (χ2v) is 8.29. The lowest BCUT2D eigenvalue weighted by molar-refractivity contribution is -0.139. The molecule has 3 saturated heterocycles. The van der Waals surface area contributed by atoms with E-state index in [1.165, 1.54) is 6.42 Å². The summed E-state index contributed by atoms with van der Waals surface area (Å²) in [4.78, 5) is 21.7. The lowest BCUT2D eigenvalue weighted by atomic mass is 9.85. The van der Waals surface area contributed by atoms with E-state index in [-0.39, 0.29) is 18.0 Å². The van der Waals surface area contributed by atoms with Crippen LogP contribution in [0.1, 0.15) is 57.7 Å². The minimum atomic E-state index is -0.859. The van der Waals surface area contributed by atoms with Gasteiger partial charge in [0.25, 0.3) is 0 Å². The molecule has 3 atom stereocenters. The number of piperidine rings is 2. The van der Waals surface area contributed by atoms with Gasteiger partial charge in [0.2, 0.25) is 5.91 Å². The number of amides is 1. The van der Waals surface area contributed by atoms with Crippen molar-refractivity contribution in [2.75, 3.05) is 13.1 Å². The fourth-order valence-corrected chi connectivity index (χ4v) is 5.29. The monoisotopic (exact) mass is 346 g/mol. The summed E-state index contributed by atoms with van der Waals surface area (Å²) in [6, 6.07) is 0.933. The number of nitrogens with zero attached hydrogens (tertiary/aromatic N) is 4. The predicted molar refractivity (Wildman–Crippen MR) is 94.9 cm³/mol. The number of aryl methyl sites for hydroxylation is 1. The van der Waals surface area contributed by atoms with Gasteiger partial charge in [-0.25, -0.2) is 4.98 Å². The van der Waals surface area contributed by atoms with E-state index < -0.39 is 5.60 Å². The Morgan fingerprint density at radius 3 is 2.60 bits per heavy atom. The fraction of sp³-hybridized carbons (Fsp3) is 0.789. The van der Waals surface area contributed by atoms with Crippen LogP contribution in [-0.4, -0.2) is 61.6 Å². The zero-order valence-electron chi connectivity index (χ0n) is 15.4. The van der Waals surface area contributed by atoms with Gasteiger partial charge in [0.1, 0.15) is 11.4 Å². The van der Waals surface area contributed by atoms with E-state index in [0.717, 1.165) is 38.1 Å². The van der Waals surface area contributed by atoms with Crippen LogP contribution < -0.4 is 0 Å². The van der Waals surface area contributed by atoms with Crippen LogP contribution in [-0.2, 0) is 17.4 Å². The zero-order chi connectivity index (χ0) is 17.6. The first-order valence-corrected chi connectivity index (χ1v) is 9.73. The van der Waals surface area contributed by atoms with Gasteiger partial charge < -0.3 is 14.6 Å². The number of hydrogen-bond acceptors (Lipinski definition) is 4. The first-order valence-electron chi connectivity index (χ1n) is 9.73. The molecule has 3 aliphatic rings. The fourth-order valence-electron chi connectivity index (χ4n) is 5.29. The number of likely N-dealkylation sites (tertiary alicyclic amines) is 1. The maximum atomic E-state index is 12.8. The van der Waals surface area contributed by atoms with Crippen molar-refractivity contribution < 1.29 is 9.90 Å². The second kappa shape index (κ2) is 6.40. The van der Waals surface area contributed by atoms with Gasteiger partial charge in [-0.15, -0.1) is 0 Å². The van der Waals surface area contributed by atoms with Gasteiger partial charge >= 0.3 is 0 Å². The number of carbonyl (C=O) groups is 1. The molecule has 138 valence electrons. The third-order valence-corrected chi connectivity index (χ3v) is 6.60. The summed E-state index contributed by atoms with van der Waals surface area (Å²) in [7, 11) is 1.94. The average molecular weight is 346 g/mol. The van der Waals surface area contributed by atoms with E-state index in [9.17, 15) is 9.90 Å². The van der Waals surface area contributed by atoms with Gasteiger partial charge in [-0.2, -0.15) is 0 Å². The highest BCUT2D eigenvalue weighted by Crippen LogP contribution is 2.45. The van der Waals surface area contributed by atoms with Gasteiger partial charge in [0.15, 0.2) is 0 Å². The number of fused-ring (bicyclic) bond motifs is 2. The Bertz CT molecular complexity index is 629. The minimum absolute atomic E-state index is 0.270. The van der Waals surface area contributed by atoms with Gasteiger partial charge in [-0.05, 0) is 51.9 Å². The Hall–Kier alpha value is -1.40. The first kappa shape index (κ1) is 17.0. The summed E-state index contributed by atoms with van der Waals surface area (Å²) < 4.78 is 1.93. The van der Waals surface area contributed by atoms with Crippen molar-refractivity contribution in [1.29, 1.82) is 0 Å². The van der Waals surface area contributed by atoms with Crippen molar-refractivity contribution in [3.63, 3.8) is 0 Å². The third kappa shape index (κ3) is 2.99. The van der Waals surface area contributed by atoms with Crippen molar-refractivity contribution in [2.24, 2.45) is 7.05 Å². The predicted octanol–water partition coefficient (Wildman–Crippen LogP) is 1.64. The smallest absolute Gasteiger partial charge is 0.237 e. The summed E-state index contributed by atoms with van der Waals surface area (Å²) in [5.74, 6) is 1.03. The van der Waals surface area contributed by atoms with Crippen molar-refractivity contribution >= 4 is 5.91 Å². The number of imidazole rings is 1. The highest BCUT2D eigenvalue weighted by molar-refractivity contribution is 5.78. The molecule has 0 aromatic carbocycles. The number of carbonyl (C=O) groups excluding carboxylic acids is 1. The zero-order valence-corrected chi connectivity index (χ0v) is 15.4. The molecule has 1 aromatic heterocycles. The molecular formula is C19H30N4O2. The van der Waals surface area contributed by atoms with Crippen LogP contribution in [0.15, 0.2) is 12.4 Å². The van der Waals surface area contributed by atoms with E-state index in [1.54, 1.807) is 6.20 Å². The molecule has 1 N–H and O–H groups in total. The van der Waals surface area contributed by atoms with Crippen LogP contribution in [0, 0.1) is 0 Å². The van der Waals surface area contributed by atoms with Crippen LogP contribution in [0.25, 0.3) is 0 Å². The molecule has 0 spiro atoms. The standard InChI is InChI=1S/C19H30N4O2/c1-14-5-3-4-9-22(14)17(24)13-23-15-6-7-16(23)12-19(25,11-15)18-20-8-10-21(18)2/h8,10,14-16,25H,3-7,9,11-13H2,1-2H3/t14-,15-,16-/m1/s1. The van der Waals surface area contributed by atoms with E-state index >= 15 is 0 Å². The van der Waals surface area contributed by atoms with Crippen LogP contribution in [0.5, 0.6) is 0 Å². The Morgan fingerprint density at radius 2 is 2.00 bits per heavy atom. The molecule has 0 saturated carbocycles. The topological polar surface area (TPSA) is 61.6 Å². The molecular weight excluding hydrogens is 316 g/mol.